The van der Waals surface area contributed by atoms with E-state index >= 15 is 0 Å². The van der Waals surface area contributed by atoms with Crippen molar-refractivity contribution in [2.24, 2.45) is 0 Å². The van der Waals surface area contributed by atoms with Crippen LogP contribution in [0, 0.1) is 0 Å². The topological polar surface area (TPSA) is 66.5 Å². The predicted octanol–water partition coefficient (Wildman–Crippen LogP) is 5.32. The van der Waals surface area contributed by atoms with Crippen LogP contribution in [0.15, 0.2) is 72.8 Å². The number of hydrogen-bond donors (Lipinski definition) is 1. The first-order chi connectivity index (χ1) is 14.7. The molecule has 0 unspecified atom stereocenters. The quantitative estimate of drug-likeness (QED) is 0.449. The van der Waals surface area contributed by atoms with Crippen molar-refractivity contribution in [3.8, 4) is 0 Å². The monoisotopic (exact) mass is 496 g/mol. The van der Waals surface area contributed by atoms with E-state index in [4.69, 9.17) is 34.8 Å². The molecule has 0 spiro atoms. The third kappa shape index (κ3) is 5.92. The van der Waals surface area contributed by atoms with Crippen LogP contribution in [0.2, 0.25) is 15.1 Å². The van der Waals surface area contributed by atoms with Crippen molar-refractivity contribution in [1.82, 2.24) is 5.32 Å². The summed E-state index contributed by atoms with van der Waals surface area (Å²) in [6, 6.07) is 21.0. The van der Waals surface area contributed by atoms with Crippen molar-refractivity contribution in [1.29, 1.82) is 0 Å². The van der Waals surface area contributed by atoms with Gasteiger partial charge in [-0.2, -0.15) is 0 Å². The minimum atomic E-state index is -3.84. The summed E-state index contributed by atoms with van der Waals surface area (Å²) in [6.07, 6.45) is 0.991. The highest BCUT2D eigenvalue weighted by atomic mass is 35.5. The van der Waals surface area contributed by atoms with Gasteiger partial charge in [-0.05, 0) is 23.3 Å². The van der Waals surface area contributed by atoms with Crippen LogP contribution in [-0.2, 0) is 14.8 Å². The van der Waals surface area contributed by atoms with Gasteiger partial charge in [-0.25, -0.2) is 8.42 Å². The first-order valence-electron chi connectivity index (χ1n) is 9.18. The molecule has 0 atom stereocenters. The van der Waals surface area contributed by atoms with Gasteiger partial charge in [0.05, 0.1) is 33.1 Å². The Morgan fingerprint density at radius 2 is 1.35 bits per heavy atom. The molecule has 0 aromatic heterocycles. The molecule has 1 amide bonds. The van der Waals surface area contributed by atoms with Gasteiger partial charge in [0.25, 0.3) is 0 Å². The number of nitrogens with one attached hydrogen (secondary N) is 1. The summed E-state index contributed by atoms with van der Waals surface area (Å²) in [4.78, 5) is 13.0. The zero-order valence-electron chi connectivity index (χ0n) is 16.4. The van der Waals surface area contributed by atoms with Crippen LogP contribution in [0.4, 0.5) is 5.69 Å². The minimum absolute atomic E-state index is 0.0651. The molecule has 1 N–H and O–H groups in total. The lowest BCUT2D eigenvalue weighted by Gasteiger charge is -2.25. The van der Waals surface area contributed by atoms with Crippen molar-refractivity contribution in [3.05, 3.63) is 99.0 Å². The number of anilines is 1. The van der Waals surface area contributed by atoms with E-state index in [1.807, 2.05) is 60.7 Å². The number of sulfonamides is 1. The molecule has 0 aliphatic rings. The second kappa shape index (κ2) is 9.92. The number of rotatable bonds is 7. The normalized spacial score (nSPS) is 11.4. The van der Waals surface area contributed by atoms with Gasteiger partial charge >= 0.3 is 0 Å². The molecule has 3 aromatic carbocycles. The third-order valence-electron chi connectivity index (χ3n) is 4.52. The Kier molecular flexibility index (Phi) is 7.49. The Balaban J connectivity index is 1.92. The Morgan fingerprint density at radius 3 is 1.84 bits per heavy atom. The molecule has 162 valence electrons. The smallest absolute Gasteiger partial charge is 0.241 e. The molecular weight excluding hydrogens is 479 g/mol. The van der Waals surface area contributed by atoms with E-state index in [1.54, 1.807) is 0 Å². The fourth-order valence-corrected chi connectivity index (χ4v) is 4.62. The minimum Gasteiger partial charge on any atom is -0.344 e. The van der Waals surface area contributed by atoms with Crippen LogP contribution in [0.1, 0.15) is 17.2 Å². The first-order valence-corrected chi connectivity index (χ1v) is 12.2. The Hall–Kier alpha value is -2.25. The summed E-state index contributed by atoms with van der Waals surface area (Å²) in [5.41, 5.74) is 1.80. The van der Waals surface area contributed by atoms with Gasteiger partial charge in [-0.1, -0.05) is 95.5 Å². The van der Waals surface area contributed by atoms with Crippen molar-refractivity contribution in [3.63, 3.8) is 0 Å². The van der Waals surface area contributed by atoms with Crippen LogP contribution in [0.25, 0.3) is 0 Å². The number of nitrogens with zero attached hydrogens (tertiary/aromatic N) is 1. The molecule has 3 aromatic rings. The van der Waals surface area contributed by atoms with E-state index < -0.39 is 28.5 Å². The molecule has 0 heterocycles. The molecule has 0 fully saturated rings. The van der Waals surface area contributed by atoms with E-state index in [2.05, 4.69) is 5.32 Å². The number of amides is 1. The maximum absolute atomic E-state index is 13.0. The lowest BCUT2D eigenvalue weighted by atomic mass is 9.99. The number of hydrogen-bond acceptors (Lipinski definition) is 3. The Bertz CT molecular complexity index is 1130. The van der Waals surface area contributed by atoms with Gasteiger partial charge in [0, 0.05) is 0 Å². The fraction of sp³-hybridized carbons (Fsp3) is 0.136. The molecule has 31 heavy (non-hydrogen) atoms. The van der Waals surface area contributed by atoms with Crippen molar-refractivity contribution >= 4 is 56.4 Å². The average Bonchev–Trinajstić information content (AvgIpc) is 2.73. The molecule has 9 heteroatoms. The molecule has 0 radical (unpaired) electrons. The zero-order valence-corrected chi connectivity index (χ0v) is 19.5. The van der Waals surface area contributed by atoms with Crippen LogP contribution in [0.3, 0.4) is 0 Å². The summed E-state index contributed by atoms with van der Waals surface area (Å²) in [5, 5.41) is 3.29. The number of carbonyl (C=O) groups is 1. The average molecular weight is 498 g/mol. The third-order valence-corrected chi connectivity index (χ3v) is 6.67. The summed E-state index contributed by atoms with van der Waals surface area (Å²) in [5.74, 6) is -0.509. The summed E-state index contributed by atoms with van der Waals surface area (Å²) >= 11 is 18.2. The van der Waals surface area contributed by atoms with Crippen LogP contribution >= 0.6 is 34.8 Å². The largest absolute Gasteiger partial charge is 0.344 e. The second-order valence-electron chi connectivity index (χ2n) is 6.81. The molecule has 0 saturated carbocycles. The highest BCUT2D eigenvalue weighted by Gasteiger charge is 2.26. The van der Waals surface area contributed by atoms with E-state index in [0.29, 0.717) is 0 Å². The molecule has 0 bridgehead atoms. The maximum atomic E-state index is 13.0. The van der Waals surface area contributed by atoms with Crippen molar-refractivity contribution in [2.45, 2.75) is 6.04 Å². The SMILES string of the molecule is CS(=O)(=O)N(CC(=O)NC(c1ccccc1)c1ccccc1)c1cc(Cl)c(Cl)cc1Cl. The molecular formula is C22H19Cl3N2O3S. The summed E-state index contributed by atoms with van der Waals surface area (Å²) in [7, 11) is -3.84. The van der Waals surface area contributed by atoms with E-state index in [-0.39, 0.29) is 20.8 Å². The molecule has 0 aliphatic carbocycles. The summed E-state index contributed by atoms with van der Waals surface area (Å²) < 4.78 is 25.8. The number of halogens is 3. The molecule has 5 nitrogen and oxygen atoms in total. The molecule has 0 aliphatic heterocycles. The first kappa shape index (κ1) is 23.4. The van der Waals surface area contributed by atoms with Gasteiger partial charge in [0.1, 0.15) is 6.54 Å². The lowest BCUT2D eigenvalue weighted by molar-refractivity contribution is -0.120. The summed E-state index contributed by atoms with van der Waals surface area (Å²) in [6.45, 7) is -0.479. The highest BCUT2D eigenvalue weighted by molar-refractivity contribution is 7.92. The van der Waals surface area contributed by atoms with E-state index in [1.165, 1.54) is 12.1 Å². The molecule has 0 saturated heterocycles. The standard InChI is InChI=1S/C22H19Cl3N2O3S/c1-31(29,30)27(20-13-18(24)17(23)12-19(20)25)14-21(28)26-22(15-8-4-2-5-9-15)16-10-6-3-7-11-16/h2-13,22H,14H2,1H3,(H,26,28). The maximum Gasteiger partial charge on any atom is 0.241 e. The van der Waals surface area contributed by atoms with Gasteiger partial charge < -0.3 is 5.32 Å². The van der Waals surface area contributed by atoms with E-state index in [9.17, 15) is 13.2 Å². The highest BCUT2D eigenvalue weighted by Crippen LogP contribution is 2.35. The molecule has 3 rings (SSSR count). The van der Waals surface area contributed by atoms with Gasteiger partial charge in [-0.15, -0.1) is 0 Å². The van der Waals surface area contributed by atoms with E-state index in [0.717, 1.165) is 21.7 Å². The Labute approximate surface area is 196 Å². The van der Waals surface area contributed by atoms with Crippen molar-refractivity contribution in [2.75, 3.05) is 17.1 Å². The van der Waals surface area contributed by atoms with Crippen LogP contribution in [-0.4, -0.2) is 27.1 Å². The Morgan fingerprint density at radius 1 is 0.871 bits per heavy atom. The van der Waals surface area contributed by atoms with Gasteiger partial charge in [0.15, 0.2) is 0 Å². The van der Waals surface area contributed by atoms with Gasteiger partial charge in [0.2, 0.25) is 15.9 Å². The van der Waals surface area contributed by atoms with Gasteiger partial charge in [-0.3, -0.25) is 9.10 Å². The number of carbonyl (C=O) groups excluding carboxylic acids is 1. The van der Waals surface area contributed by atoms with Crippen molar-refractivity contribution < 1.29 is 13.2 Å². The zero-order chi connectivity index (χ0) is 22.6. The van der Waals surface area contributed by atoms with Crippen LogP contribution in [0.5, 0.6) is 0 Å². The number of benzene rings is 3. The van der Waals surface area contributed by atoms with Crippen LogP contribution < -0.4 is 9.62 Å². The predicted molar refractivity (Wildman–Crippen MR) is 127 cm³/mol. The lowest BCUT2D eigenvalue weighted by Crippen LogP contribution is -2.42. The fourth-order valence-electron chi connectivity index (χ4n) is 3.07. The second-order valence-corrected chi connectivity index (χ2v) is 9.94.